The molecule has 1 heteroatoms. The Morgan fingerprint density at radius 1 is 0.476 bits per heavy atom. The molecule has 0 bridgehead atoms. The van der Waals surface area contributed by atoms with Crippen LogP contribution in [0.25, 0.3) is 0 Å². The highest BCUT2D eigenvalue weighted by atomic mass is 32.1. The van der Waals surface area contributed by atoms with Crippen LogP contribution in [-0.4, -0.2) is 5.25 Å². The van der Waals surface area contributed by atoms with Gasteiger partial charge in [-0.2, -0.15) is 12.6 Å². The molecular formula is C20H34S. The zero-order valence-electron chi connectivity index (χ0n) is 13.7. The van der Waals surface area contributed by atoms with Crippen LogP contribution in [0, 0.1) is 35.5 Å². The highest BCUT2D eigenvalue weighted by molar-refractivity contribution is 7.80. The molecule has 21 heavy (non-hydrogen) atoms. The maximum atomic E-state index is 4.73. The highest BCUT2D eigenvalue weighted by Crippen LogP contribution is 2.56. The second-order valence-corrected chi connectivity index (χ2v) is 9.52. The zero-order chi connectivity index (χ0) is 14.2. The number of rotatable bonds is 1. The molecule has 4 fully saturated rings. The summed E-state index contributed by atoms with van der Waals surface area (Å²) >= 11 is 4.73. The average molecular weight is 307 g/mol. The number of hydrogen-bond donors (Lipinski definition) is 1. The monoisotopic (exact) mass is 306 g/mol. The van der Waals surface area contributed by atoms with E-state index in [1.54, 1.807) is 44.9 Å². The minimum absolute atomic E-state index is 0.717. The molecule has 0 aromatic rings. The summed E-state index contributed by atoms with van der Waals surface area (Å²) in [7, 11) is 0. The van der Waals surface area contributed by atoms with Crippen molar-refractivity contribution >= 4 is 12.6 Å². The fourth-order valence-corrected chi connectivity index (χ4v) is 7.24. The second kappa shape index (κ2) is 6.46. The molecule has 120 valence electrons. The number of hydrogen-bond acceptors (Lipinski definition) is 1. The van der Waals surface area contributed by atoms with Gasteiger partial charge in [-0.1, -0.05) is 32.1 Å². The third-order valence-corrected chi connectivity index (χ3v) is 8.38. The van der Waals surface area contributed by atoms with Gasteiger partial charge in [-0.15, -0.1) is 0 Å². The summed E-state index contributed by atoms with van der Waals surface area (Å²) in [5, 5.41) is 0.717. The molecule has 4 saturated carbocycles. The molecule has 0 N–H and O–H groups in total. The van der Waals surface area contributed by atoms with Gasteiger partial charge in [0.15, 0.2) is 0 Å². The fraction of sp³-hybridized carbons (Fsp3) is 1.00. The Labute approximate surface area is 137 Å². The van der Waals surface area contributed by atoms with Gasteiger partial charge in [-0.25, -0.2) is 0 Å². The lowest BCUT2D eigenvalue weighted by Crippen LogP contribution is -2.46. The van der Waals surface area contributed by atoms with Crippen LogP contribution in [0.2, 0.25) is 0 Å². The van der Waals surface area contributed by atoms with Crippen LogP contribution in [0.1, 0.15) is 83.5 Å². The van der Waals surface area contributed by atoms with Crippen molar-refractivity contribution < 1.29 is 0 Å². The Morgan fingerprint density at radius 2 is 1.05 bits per heavy atom. The summed E-state index contributed by atoms with van der Waals surface area (Å²) in [4.78, 5) is 0. The van der Waals surface area contributed by atoms with Gasteiger partial charge in [0.2, 0.25) is 0 Å². The summed E-state index contributed by atoms with van der Waals surface area (Å²) < 4.78 is 0. The predicted molar refractivity (Wildman–Crippen MR) is 93.7 cm³/mol. The molecular weight excluding hydrogens is 272 g/mol. The molecule has 0 aromatic carbocycles. The Morgan fingerprint density at radius 3 is 1.76 bits per heavy atom. The molecule has 5 atom stereocenters. The lowest BCUT2D eigenvalue weighted by molar-refractivity contribution is -0.0415. The van der Waals surface area contributed by atoms with Crippen LogP contribution < -0.4 is 0 Å². The van der Waals surface area contributed by atoms with Crippen molar-refractivity contribution in [1.29, 1.82) is 0 Å². The lowest BCUT2D eigenvalue weighted by atomic mass is 9.51. The van der Waals surface area contributed by atoms with Crippen LogP contribution in [-0.2, 0) is 0 Å². The first-order valence-corrected chi connectivity index (χ1v) is 10.5. The minimum atomic E-state index is 0.717. The van der Waals surface area contributed by atoms with Crippen LogP contribution in [0.5, 0.6) is 0 Å². The summed E-state index contributed by atoms with van der Waals surface area (Å²) in [5.41, 5.74) is 0. The highest BCUT2D eigenvalue weighted by Gasteiger charge is 2.47. The van der Waals surface area contributed by atoms with E-state index in [-0.39, 0.29) is 0 Å². The summed E-state index contributed by atoms with van der Waals surface area (Å²) in [6.45, 7) is 0. The molecule has 0 radical (unpaired) electrons. The van der Waals surface area contributed by atoms with Crippen molar-refractivity contribution in [3.63, 3.8) is 0 Å². The molecule has 0 aromatic heterocycles. The molecule has 0 nitrogen and oxygen atoms in total. The summed E-state index contributed by atoms with van der Waals surface area (Å²) in [6, 6.07) is 0. The first-order chi connectivity index (χ1) is 10.3. The molecule has 4 rings (SSSR count). The molecule has 0 aliphatic heterocycles. The average Bonchev–Trinajstić information content (AvgIpc) is 2.55. The topological polar surface area (TPSA) is 0 Å². The van der Waals surface area contributed by atoms with Gasteiger partial charge in [-0.05, 0) is 86.9 Å². The van der Waals surface area contributed by atoms with Crippen molar-refractivity contribution in [2.45, 2.75) is 88.7 Å². The van der Waals surface area contributed by atoms with Gasteiger partial charge in [0.25, 0.3) is 0 Å². The maximum absolute atomic E-state index is 4.73. The standard InChI is InChI=1S/C20H34S/c21-16-11-9-14(10-12-16)20-13-15-5-1-2-6-17(15)18-7-3-4-8-19(18)20/h14-21H,1-13H2. The van der Waals surface area contributed by atoms with Gasteiger partial charge in [0.1, 0.15) is 0 Å². The summed E-state index contributed by atoms with van der Waals surface area (Å²) in [5.74, 6) is 6.70. The van der Waals surface area contributed by atoms with Crippen molar-refractivity contribution in [3.8, 4) is 0 Å². The van der Waals surface area contributed by atoms with Crippen molar-refractivity contribution in [2.24, 2.45) is 35.5 Å². The van der Waals surface area contributed by atoms with Crippen LogP contribution >= 0.6 is 12.6 Å². The maximum Gasteiger partial charge on any atom is 0.00170 e. The van der Waals surface area contributed by atoms with Crippen molar-refractivity contribution in [3.05, 3.63) is 0 Å². The minimum Gasteiger partial charge on any atom is -0.176 e. The Bertz CT molecular complexity index is 344. The van der Waals surface area contributed by atoms with E-state index in [9.17, 15) is 0 Å². The van der Waals surface area contributed by atoms with E-state index < -0.39 is 0 Å². The van der Waals surface area contributed by atoms with Gasteiger partial charge in [0, 0.05) is 5.25 Å². The largest absolute Gasteiger partial charge is 0.176 e. The van der Waals surface area contributed by atoms with Crippen molar-refractivity contribution in [1.82, 2.24) is 0 Å². The Hall–Kier alpha value is 0.350. The Balaban J connectivity index is 1.52. The van der Waals surface area contributed by atoms with Gasteiger partial charge < -0.3 is 0 Å². The van der Waals surface area contributed by atoms with E-state index >= 15 is 0 Å². The number of thiol groups is 1. The molecule has 4 aliphatic carbocycles. The van der Waals surface area contributed by atoms with E-state index in [1.807, 2.05) is 0 Å². The van der Waals surface area contributed by atoms with Gasteiger partial charge in [0.05, 0.1) is 0 Å². The van der Waals surface area contributed by atoms with E-state index in [4.69, 9.17) is 12.6 Å². The zero-order valence-corrected chi connectivity index (χ0v) is 14.6. The van der Waals surface area contributed by atoms with Crippen LogP contribution in [0.15, 0.2) is 0 Å². The van der Waals surface area contributed by atoms with E-state index in [2.05, 4.69) is 0 Å². The van der Waals surface area contributed by atoms with Crippen molar-refractivity contribution in [2.75, 3.05) is 0 Å². The Kier molecular flexibility index (Phi) is 4.59. The molecule has 0 heterocycles. The van der Waals surface area contributed by atoms with Gasteiger partial charge in [-0.3, -0.25) is 0 Å². The predicted octanol–water partition coefficient (Wildman–Crippen LogP) is 6.11. The van der Waals surface area contributed by atoms with E-state index in [0.717, 1.165) is 40.8 Å². The molecule has 4 aliphatic rings. The molecule has 0 spiro atoms. The smallest absolute Gasteiger partial charge is 0.00170 e. The SMILES string of the molecule is SC1CCC(C2CC3CCCCC3C3CCCCC23)CC1. The first-order valence-electron chi connectivity index (χ1n) is 10.0. The third kappa shape index (κ3) is 2.93. The molecule has 0 saturated heterocycles. The van der Waals surface area contributed by atoms with E-state index in [0.29, 0.717) is 0 Å². The fourth-order valence-electron chi connectivity index (χ4n) is 6.94. The van der Waals surface area contributed by atoms with E-state index in [1.165, 1.54) is 38.5 Å². The van der Waals surface area contributed by atoms with Gasteiger partial charge >= 0.3 is 0 Å². The lowest BCUT2D eigenvalue weighted by Gasteiger charge is -2.54. The van der Waals surface area contributed by atoms with Crippen LogP contribution in [0.4, 0.5) is 0 Å². The molecule has 5 unspecified atom stereocenters. The molecule has 0 amide bonds. The number of fused-ring (bicyclic) bond motifs is 3. The second-order valence-electron chi connectivity index (χ2n) is 8.79. The normalized spacial score (nSPS) is 51.0. The first kappa shape index (κ1) is 14.9. The third-order valence-electron chi connectivity index (χ3n) is 7.86. The quantitative estimate of drug-likeness (QED) is 0.555. The van der Waals surface area contributed by atoms with Crippen LogP contribution in [0.3, 0.4) is 0 Å². The summed E-state index contributed by atoms with van der Waals surface area (Å²) in [6.07, 6.45) is 19.9.